The van der Waals surface area contributed by atoms with Crippen molar-refractivity contribution in [2.75, 3.05) is 19.7 Å². The van der Waals surface area contributed by atoms with E-state index < -0.39 is 5.97 Å². The van der Waals surface area contributed by atoms with Crippen molar-refractivity contribution in [3.63, 3.8) is 0 Å². The molecule has 7 heteroatoms. The average Bonchev–Trinajstić information content (AvgIpc) is 2.83. The van der Waals surface area contributed by atoms with Gasteiger partial charge >= 0.3 is 5.97 Å². The summed E-state index contributed by atoms with van der Waals surface area (Å²) in [6.45, 7) is 9.39. The molecule has 7 nitrogen and oxygen atoms in total. The summed E-state index contributed by atoms with van der Waals surface area (Å²) >= 11 is 0. The second kappa shape index (κ2) is 7.00. The molecule has 0 amide bonds. The number of hydrogen-bond acceptors (Lipinski definition) is 5. The second-order valence-electron chi connectivity index (χ2n) is 5.70. The van der Waals surface area contributed by atoms with E-state index in [1.165, 1.54) is 0 Å². The Morgan fingerprint density at radius 3 is 2.90 bits per heavy atom. The molecule has 2 rings (SSSR count). The minimum Gasteiger partial charge on any atom is -0.476 e. The molecule has 1 aliphatic rings. The molecule has 118 valence electrons. The summed E-state index contributed by atoms with van der Waals surface area (Å²) in [6, 6.07) is 0.483. The lowest BCUT2D eigenvalue weighted by Gasteiger charge is -2.35. The van der Waals surface area contributed by atoms with Crippen molar-refractivity contribution in [2.45, 2.75) is 52.3 Å². The van der Waals surface area contributed by atoms with E-state index in [0.29, 0.717) is 31.3 Å². The molecule has 0 radical (unpaired) electrons. The van der Waals surface area contributed by atoms with Crippen molar-refractivity contribution >= 4 is 5.97 Å². The summed E-state index contributed by atoms with van der Waals surface area (Å²) in [4.78, 5) is 13.6. The molecule has 1 aromatic rings. The summed E-state index contributed by atoms with van der Waals surface area (Å²) in [7, 11) is 0. The number of carbonyl (C=O) groups is 1. The minimum absolute atomic E-state index is 0.0279. The summed E-state index contributed by atoms with van der Waals surface area (Å²) in [6.07, 6.45) is 1.55. The number of rotatable bonds is 6. The van der Waals surface area contributed by atoms with Crippen LogP contribution in [-0.2, 0) is 17.7 Å². The van der Waals surface area contributed by atoms with E-state index in [2.05, 4.69) is 29.1 Å². The Morgan fingerprint density at radius 1 is 1.52 bits per heavy atom. The van der Waals surface area contributed by atoms with Gasteiger partial charge in [-0.1, -0.05) is 18.6 Å². The summed E-state index contributed by atoms with van der Waals surface area (Å²) in [5.41, 5.74) is 0.753. The molecule has 1 aromatic heterocycles. The molecule has 21 heavy (non-hydrogen) atoms. The van der Waals surface area contributed by atoms with E-state index in [0.717, 1.165) is 19.5 Å². The standard InChI is InChI=1S/C14H24N4O3/c1-4-5-12-13(14(19)20)15-16-18(12)9-11-8-17(10(2)3)6-7-21-11/h10-11H,4-9H2,1-3H3,(H,19,20). The molecule has 1 unspecified atom stereocenters. The Bertz CT molecular complexity index is 487. The first-order chi connectivity index (χ1) is 10.0. The predicted octanol–water partition coefficient (Wildman–Crippen LogP) is 1.04. The van der Waals surface area contributed by atoms with Crippen molar-refractivity contribution in [2.24, 2.45) is 0 Å². The highest BCUT2D eigenvalue weighted by atomic mass is 16.5. The Kier molecular flexibility index (Phi) is 5.30. The number of ether oxygens (including phenoxy) is 1. The largest absolute Gasteiger partial charge is 0.476 e. The maximum absolute atomic E-state index is 11.2. The monoisotopic (exact) mass is 296 g/mol. The Hall–Kier alpha value is -1.47. The molecular weight excluding hydrogens is 272 g/mol. The number of nitrogens with zero attached hydrogens (tertiary/aromatic N) is 4. The highest BCUT2D eigenvalue weighted by Crippen LogP contribution is 2.14. The van der Waals surface area contributed by atoms with Gasteiger partial charge in [-0.3, -0.25) is 4.90 Å². The van der Waals surface area contributed by atoms with Gasteiger partial charge in [-0.05, 0) is 20.3 Å². The van der Waals surface area contributed by atoms with E-state index in [1.807, 2.05) is 6.92 Å². The summed E-state index contributed by atoms with van der Waals surface area (Å²) in [5, 5.41) is 17.0. The zero-order valence-corrected chi connectivity index (χ0v) is 12.9. The van der Waals surface area contributed by atoms with Crippen LogP contribution in [-0.4, -0.2) is 62.8 Å². The fraction of sp³-hybridized carbons (Fsp3) is 0.786. The van der Waals surface area contributed by atoms with E-state index in [1.54, 1.807) is 4.68 Å². The molecule has 1 atom stereocenters. The van der Waals surface area contributed by atoms with Crippen LogP contribution in [0.4, 0.5) is 0 Å². The number of carboxylic acid groups (broad SMARTS) is 1. The van der Waals surface area contributed by atoms with E-state index in [9.17, 15) is 9.90 Å². The van der Waals surface area contributed by atoms with Crippen molar-refractivity contribution in [3.8, 4) is 0 Å². The van der Waals surface area contributed by atoms with Gasteiger partial charge in [-0.25, -0.2) is 9.48 Å². The molecule has 0 saturated carbocycles. The first kappa shape index (κ1) is 15.9. The van der Waals surface area contributed by atoms with Crippen LogP contribution in [0.15, 0.2) is 0 Å². The van der Waals surface area contributed by atoms with Crippen LogP contribution >= 0.6 is 0 Å². The van der Waals surface area contributed by atoms with Crippen molar-refractivity contribution in [1.82, 2.24) is 19.9 Å². The van der Waals surface area contributed by atoms with Gasteiger partial charge in [0.2, 0.25) is 0 Å². The van der Waals surface area contributed by atoms with Crippen LogP contribution in [0.3, 0.4) is 0 Å². The molecule has 2 heterocycles. The fourth-order valence-corrected chi connectivity index (χ4v) is 2.64. The first-order valence-corrected chi connectivity index (χ1v) is 7.54. The highest BCUT2D eigenvalue weighted by molar-refractivity contribution is 5.86. The molecule has 1 fully saturated rings. The summed E-state index contributed by atoms with van der Waals surface area (Å²) < 4.78 is 7.48. The van der Waals surface area contributed by atoms with Crippen LogP contribution in [0.1, 0.15) is 43.4 Å². The zero-order valence-electron chi connectivity index (χ0n) is 12.9. The predicted molar refractivity (Wildman–Crippen MR) is 77.4 cm³/mol. The second-order valence-corrected chi connectivity index (χ2v) is 5.70. The van der Waals surface area contributed by atoms with Gasteiger partial charge in [0.05, 0.1) is 24.9 Å². The van der Waals surface area contributed by atoms with Crippen LogP contribution < -0.4 is 0 Å². The third kappa shape index (κ3) is 3.79. The first-order valence-electron chi connectivity index (χ1n) is 7.54. The van der Waals surface area contributed by atoms with Crippen molar-refractivity contribution < 1.29 is 14.6 Å². The molecule has 0 aromatic carbocycles. The van der Waals surface area contributed by atoms with Gasteiger partial charge in [0.25, 0.3) is 0 Å². The third-order valence-corrected chi connectivity index (χ3v) is 3.80. The van der Waals surface area contributed by atoms with Crippen LogP contribution in [0.25, 0.3) is 0 Å². The molecule has 1 saturated heterocycles. The van der Waals surface area contributed by atoms with Gasteiger partial charge < -0.3 is 9.84 Å². The zero-order chi connectivity index (χ0) is 15.4. The minimum atomic E-state index is -1.02. The van der Waals surface area contributed by atoms with Crippen LogP contribution in [0.2, 0.25) is 0 Å². The molecular formula is C14H24N4O3. The van der Waals surface area contributed by atoms with Gasteiger partial charge in [-0.2, -0.15) is 0 Å². The van der Waals surface area contributed by atoms with Crippen LogP contribution in [0.5, 0.6) is 0 Å². The van der Waals surface area contributed by atoms with Gasteiger partial charge in [0, 0.05) is 19.1 Å². The van der Waals surface area contributed by atoms with E-state index in [-0.39, 0.29) is 11.8 Å². The third-order valence-electron chi connectivity index (χ3n) is 3.80. The smallest absolute Gasteiger partial charge is 0.358 e. The molecule has 0 aliphatic carbocycles. The highest BCUT2D eigenvalue weighted by Gasteiger charge is 2.25. The molecule has 1 aliphatic heterocycles. The van der Waals surface area contributed by atoms with Crippen molar-refractivity contribution in [1.29, 1.82) is 0 Å². The topological polar surface area (TPSA) is 80.5 Å². The quantitative estimate of drug-likeness (QED) is 0.845. The van der Waals surface area contributed by atoms with Gasteiger partial charge in [-0.15, -0.1) is 5.10 Å². The fourth-order valence-electron chi connectivity index (χ4n) is 2.64. The number of aromatic nitrogens is 3. The lowest BCUT2D eigenvalue weighted by Crippen LogP contribution is -2.47. The average molecular weight is 296 g/mol. The number of hydrogen-bond donors (Lipinski definition) is 1. The van der Waals surface area contributed by atoms with E-state index >= 15 is 0 Å². The van der Waals surface area contributed by atoms with Crippen LogP contribution in [0, 0.1) is 0 Å². The number of morpholine rings is 1. The number of aromatic carboxylic acids is 1. The lowest BCUT2D eigenvalue weighted by atomic mass is 10.2. The normalized spacial score (nSPS) is 20.1. The number of carboxylic acids is 1. The van der Waals surface area contributed by atoms with Gasteiger partial charge in [0.15, 0.2) is 5.69 Å². The Labute approximate surface area is 124 Å². The molecule has 0 spiro atoms. The molecule has 1 N–H and O–H groups in total. The van der Waals surface area contributed by atoms with E-state index in [4.69, 9.17) is 4.74 Å². The maximum Gasteiger partial charge on any atom is 0.358 e. The Morgan fingerprint density at radius 2 is 2.29 bits per heavy atom. The summed E-state index contributed by atoms with van der Waals surface area (Å²) in [5.74, 6) is -1.02. The maximum atomic E-state index is 11.2. The SMILES string of the molecule is CCCc1c(C(=O)O)nnn1CC1CN(C(C)C)CCO1. The Balaban J connectivity index is 2.10. The van der Waals surface area contributed by atoms with Gasteiger partial charge in [0.1, 0.15) is 0 Å². The van der Waals surface area contributed by atoms with Crippen molar-refractivity contribution in [3.05, 3.63) is 11.4 Å². The molecule has 0 bridgehead atoms. The lowest BCUT2D eigenvalue weighted by molar-refractivity contribution is -0.0474.